The molecule has 6 nitrogen and oxygen atoms in total. The average molecular weight is 417 g/mol. The lowest BCUT2D eigenvalue weighted by molar-refractivity contribution is -0.917. The second-order valence-corrected chi connectivity index (χ2v) is 9.37. The zero-order chi connectivity index (χ0) is 17.3. The maximum Gasteiger partial charge on any atom is 0.278 e. The van der Waals surface area contributed by atoms with Gasteiger partial charge in [0.25, 0.3) is 5.91 Å². The lowest BCUT2D eigenvalue weighted by Gasteiger charge is -2.34. The van der Waals surface area contributed by atoms with Crippen molar-refractivity contribution in [3.63, 3.8) is 0 Å². The van der Waals surface area contributed by atoms with Crippen molar-refractivity contribution in [3.8, 4) is 0 Å². The van der Waals surface area contributed by atoms with Gasteiger partial charge in [-0.2, -0.15) is 4.31 Å². The first-order chi connectivity index (χ1) is 11.4. The number of benzene rings is 1. The standard InChI is InChI=1S/C16H22BrN3O3S/c1-12(16(21)18-14-4-5-14)19-8-10-20(11-9-19)24(22,23)15-6-2-13(17)3-7-15/h2-3,6-7,12,14H,4-5,8-11H2,1H3,(H,18,21)/p+1/t12-/m0/s1. The summed E-state index contributed by atoms with van der Waals surface area (Å²) in [5.74, 6) is 0.0803. The molecule has 0 bridgehead atoms. The molecule has 1 aromatic carbocycles. The van der Waals surface area contributed by atoms with Crippen LogP contribution in [0, 0.1) is 0 Å². The topological polar surface area (TPSA) is 70.9 Å². The number of halogens is 1. The molecular weight excluding hydrogens is 394 g/mol. The van der Waals surface area contributed by atoms with Crippen LogP contribution in [-0.2, 0) is 14.8 Å². The van der Waals surface area contributed by atoms with Crippen molar-refractivity contribution in [2.24, 2.45) is 0 Å². The summed E-state index contributed by atoms with van der Waals surface area (Å²) < 4.78 is 27.7. The number of rotatable bonds is 5. The highest BCUT2D eigenvalue weighted by atomic mass is 79.9. The van der Waals surface area contributed by atoms with E-state index in [0.717, 1.165) is 22.2 Å². The van der Waals surface area contributed by atoms with E-state index in [1.165, 1.54) is 4.31 Å². The summed E-state index contributed by atoms with van der Waals surface area (Å²) in [4.78, 5) is 13.6. The van der Waals surface area contributed by atoms with Crippen molar-refractivity contribution < 1.29 is 18.1 Å². The SMILES string of the molecule is C[C@@H](C(=O)NC1CC1)[NH+]1CCN(S(=O)(=O)c2ccc(Br)cc2)CC1. The number of nitrogens with zero attached hydrogens (tertiary/aromatic N) is 1. The molecule has 0 radical (unpaired) electrons. The quantitative estimate of drug-likeness (QED) is 0.709. The highest BCUT2D eigenvalue weighted by molar-refractivity contribution is 9.10. The van der Waals surface area contributed by atoms with Crippen LogP contribution in [0.1, 0.15) is 19.8 Å². The maximum absolute atomic E-state index is 12.7. The monoisotopic (exact) mass is 416 g/mol. The number of nitrogens with one attached hydrogen (secondary N) is 2. The Kier molecular flexibility index (Phi) is 5.29. The molecule has 2 fully saturated rings. The Morgan fingerprint density at radius 1 is 1.25 bits per heavy atom. The van der Waals surface area contributed by atoms with Gasteiger partial charge in [-0.1, -0.05) is 15.9 Å². The number of sulfonamides is 1. The first kappa shape index (κ1) is 17.8. The van der Waals surface area contributed by atoms with Gasteiger partial charge in [-0.15, -0.1) is 0 Å². The molecule has 1 aromatic rings. The predicted molar refractivity (Wildman–Crippen MR) is 94.2 cm³/mol. The number of quaternary nitrogens is 1. The molecule has 1 saturated heterocycles. The number of piperazine rings is 1. The highest BCUT2D eigenvalue weighted by Gasteiger charge is 2.35. The van der Waals surface area contributed by atoms with Gasteiger partial charge in [0, 0.05) is 10.5 Å². The van der Waals surface area contributed by atoms with Crippen LogP contribution in [-0.4, -0.2) is 56.9 Å². The Hall–Kier alpha value is -0.960. The molecule has 0 unspecified atom stereocenters. The van der Waals surface area contributed by atoms with E-state index in [-0.39, 0.29) is 11.9 Å². The Labute approximate surface area is 151 Å². The smallest absolute Gasteiger partial charge is 0.278 e. The Bertz CT molecular complexity index is 696. The number of hydrogen-bond acceptors (Lipinski definition) is 3. The lowest BCUT2D eigenvalue weighted by Crippen LogP contribution is -3.19. The van der Waals surface area contributed by atoms with Gasteiger partial charge in [0.15, 0.2) is 6.04 Å². The third kappa shape index (κ3) is 3.99. The van der Waals surface area contributed by atoms with Gasteiger partial charge in [0.2, 0.25) is 10.0 Å². The van der Waals surface area contributed by atoms with E-state index < -0.39 is 10.0 Å². The van der Waals surface area contributed by atoms with E-state index in [1.54, 1.807) is 24.3 Å². The van der Waals surface area contributed by atoms with E-state index >= 15 is 0 Å². The molecule has 3 rings (SSSR count). The van der Waals surface area contributed by atoms with Crippen LogP contribution in [0.25, 0.3) is 0 Å². The second kappa shape index (κ2) is 7.11. The van der Waals surface area contributed by atoms with E-state index in [1.807, 2.05) is 6.92 Å². The summed E-state index contributed by atoms with van der Waals surface area (Å²) in [5.41, 5.74) is 0. The molecule has 1 aliphatic carbocycles. The van der Waals surface area contributed by atoms with Crippen molar-refractivity contribution in [2.75, 3.05) is 26.2 Å². The predicted octanol–water partition coefficient (Wildman–Crippen LogP) is 0.00540. The number of carbonyl (C=O) groups excluding carboxylic acids is 1. The number of carbonyl (C=O) groups is 1. The van der Waals surface area contributed by atoms with Crippen molar-refractivity contribution >= 4 is 31.9 Å². The van der Waals surface area contributed by atoms with Crippen molar-refractivity contribution in [1.82, 2.24) is 9.62 Å². The first-order valence-electron chi connectivity index (χ1n) is 8.28. The minimum atomic E-state index is -3.46. The molecule has 1 saturated carbocycles. The van der Waals surface area contributed by atoms with Crippen molar-refractivity contribution in [2.45, 2.75) is 36.7 Å². The van der Waals surface area contributed by atoms with E-state index in [4.69, 9.17) is 0 Å². The van der Waals surface area contributed by atoms with Crippen molar-refractivity contribution in [3.05, 3.63) is 28.7 Å². The average Bonchev–Trinajstić information content (AvgIpc) is 3.38. The summed E-state index contributed by atoms with van der Waals surface area (Å²) >= 11 is 3.32. The van der Waals surface area contributed by atoms with Crippen LogP contribution in [0.2, 0.25) is 0 Å². The summed E-state index contributed by atoms with van der Waals surface area (Å²) in [6, 6.07) is 6.92. The molecule has 1 aliphatic heterocycles. The summed E-state index contributed by atoms with van der Waals surface area (Å²) in [6.45, 7) is 4.10. The van der Waals surface area contributed by atoms with Crippen LogP contribution >= 0.6 is 15.9 Å². The molecule has 24 heavy (non-hydrogen) atoms. The number of amides is 1. The van der Waals surface area contributed by atoms with Gasteiger partial charge < -0.3 is 10.2 Å². The molecule has 2 aliphatic rings. The molecule has 8 heteroatoms. The zero-order valence-corrected chi connectivity index (χ0v) is 16.1. The summed E-state index contributed by atoms with van der Waals surface area (Å²) in [5, 5.41) is 3.03. The van der Waals surface area contributed by atoms with Gasteiger partial charge in [0.05, 0.1) is 31.1 Å². The molecule has 132 valence electrons. The number of hydrogen-bond donors (Lipinski definition) is 2. The van der Waals surface area contributed by atoms with Crippen LogP contribution in [0.3, 0.4) is 0 Å². The molecule has 2 N–H and O–H groups in total. The molecule has 0 aromatic heterocycles. The van der Waals surface area contributed by atoms with Crippen LogP contribution < -0.4 is 10.2 Å². The highest BCUT2D eigenvalue weighted by Crippen LogP contribution is 2.19. The fraction of sp³-hybridized carbons (Fsp3) is 0.562. The molecule has 1 atom stereocenters. The van der Waals surface area contributed by atoms with Gasteiger partial charge in [-0.05, 0) is 44.0 Å². The first-order valence-corrected chi connectivity index (χ1v) is 10.5. The Morgan fingerprint density at radius 2 is 1.83 bits per heavy atom. The Morgan fingerprint density at radius 3 is 2.38 bits per heavy atom. The fourth-order valence-corrected chi connectivity index (χ4v) is 4.65. The van der Waals surface area contributed by atoms with E-state index in [2.05, 4.69) is 21.2 Å². The third-order valence-corrected chi connectivity index (χ3v) is 7.19. The summed E-state index contributed by atoms with van der Waals surface area (Å²) in [7, 11) is -3.46. The minimum absolute atomic E-state index is 0.0803. The van der Waals surface area contributed by atoms with Gasteiger partial charge >= 0.3 is 0 Å². The normalized spacial score (nSPS) is 21.4. The second-order valence-electron chi connectivity index (χ2n) is 6.52. The summed E-state index contributed by atoms with van der Waals surface area (Å²) in [6.07, 6.45) is 2.15. The van der Waals surface area contributed by atoms with Crippen LogP contribution in [0.4, 0.5) is 0 Å². The maximum atomic E-state index is 12.7. The molecule has 1 heterocycles. The molecule has 1 amide bonds. The van der Waals surface area contributed by atoms with Gasteiger partial charge in [-0.3, -0.25) is 4.79 Å². The van der Waals surface area contributed by atoms with Crippen molar-refractivity contribution in [1.29, 1.82) is 0 Å². The van der Waals surface area contributed by atoms with E-state index in [9.17, 15) is 13.2 Å². The van der Waals surface area contributed by atoms with Gasteiger partial charge in [-0.25, -0.2) is 8.42 Å². The zero-order valence-electron chi connectivity index (χ0n) is 13.7. The van der Waals surface area contributed by atoms with E-state index in [0.29, 0.717) is 37.1 Å². The minimum Gasteiger partial charge on any atom is -0.348 e. The lowest BCUT2D eigenvalue weighted by atomic mass is 10.2. The molecular formula is C16H23BrN3O3S+. The van der Waals surface area contributed by atoms with Crippen LogP contribution in [0.5, 0.6) is 0 Å². The fourth-order valence-electron chi connectivity index (χ4n) is 2.94. The van der Waals surface area contributed by atoms with Crippen LogP contribution in [0.15, 0.2) is 33.6 Å². The largest absolute Gasteiger partial charge is 0.348 e. The third-order valence-electron chi connectivity index (χ3n) is 4.75. The van der Waals surface area contributed by atoms with Gasteiger partial charge in [0.1, 0.15) is 0 Å². The molecule has 0 spiro atoms. The Balaban J connectivity index is 1.59.